The molecule has 0 fully saturated rings. The molecule has 2 nitrogen and oxygen atoms in total. The number of hydrogen-bond acceptors (Lipinski definition) is 3. The molecule has 0 radical (unpaired) electrons. The van der Waals surface area contributed by atoms with Crippen LogP contribution in [0.1, 0.15) is 12.6 Å². The van der Waals surface area contributed by atoms with Crippen molar-refractivity contribution in [2.24, 2.45) is 5.92 Å². The van der Waals surface area contributed by atoms with Crippen LogP contribution in [0.5, 0.6) is 0 Å². The molecule has 0 spiro atoms. The SMILES string of the molecule is CCSCC1C(C(F)(F)F)=CC=CC1Nc1cccc2nc(C)ccc12. The lowest BCUT2D eigenvalue weighted by Gasteiger charge is -2.32. The van der Waals surface area contributed by atoms with Crippen LogP contribution in [0.15, 0.2) is 54.1 Å². The van der Waals surface area contributed by atoms with Gasteiger partial charge in [-0.15, -0.1) is 0 Å². The maximum atomic E-state index is 13.5. The van der Waals surface area contributed by atoms with Crippen molar-refractivity contribution in [3.05, 3.63) is 59.8 Å². The van der Waals surface area contributed by atoms with Gasteiger partial charge in [0.1, 0.15) is 0 Å². The van der Waals surface area contributed by atoms with E-state index in [9.17, 15) is 13.2 Å². The summed E-state index contributed by atoms with van der Waals surface area (Å²) in [6, 6.07) is 9.14. The average molecular weight is 378 g/mol. The molecule has 1 N–H and O–H groups in total. The molecule has 2 aromatic rings. The van der Waals surface area contributed by atoms with Crippen molar-refractivity contribution in [2.75, 3.05) is 16.8 Å². The number of halogens is 3. The molecular weight excluding hydrogens is 357 g/mol. The maximum absolute atomic E-state index is 13.5. The second-order valence-corrected chi connectivity index (χ2v) is 7.58. The molecule has 1 heterocycles. The molecule has 3 rings (SSSR count). The number of benzene rings is 1. The highest BCUT2D eigenvalue weighted by Gasteiger charge is 2.41. The molecular formula is C20H21F3N2S. The molecule has 26 heavy (non-hydrogen) atoms. The molecule has 2 unspecified atom stereocenters. The van der Waals surface area contributed by atoms with Crippen molar-refractivity contribution in [3.63, 3.8) is 0 Å². The molecule has 0 amide bonds. The Morgan fingerprint density at radius 1 is 1.19 bits per heavy atom. The van der Waals surface area contributed by atoms with Crippen molar-refractivity contribution >= 4 is 28.4 Å². The number of nitrogens with one attached hydrogen (secondary N) is 1. The zero-order valence-electron chi connectivity index (χ0n) is 14.7. The number of rotatable bonds is 5. The van der Waals surface area contributed by atoms with Crippen molar-refractivity contribution in [3.8, 4) is 0 Å². The van der Waals surface area contributed by atoms with E-state index >= 15 is 0 Å². The van der Waals surface area contributed by atoms with Gasteiger partial charge in [-0.25, -0.2) is 0 Å². The quantitative estimate of drug-likeness (QED) is 0.717. The predicted octanol–water partition coefficient (Wildman–Crippen LogP) is 5.75. The lowest BCUT2D eigenvalue weighted by atomic mass is 9.88. The van der Waals surface area contributed by atoms with Gasteiger partial charge in [0.2, 0.25) is 0 Å². The summed E-state index contributed by atoms with van der Waals surface area (Å²) in [4.78, 5) is 4.50. The number of anilines is 1. The van der Waals surface area contributed by atoms with Gasteiger partial charge in [-0.1, -0.05) is 31.2 Å². The number of alkyl halides is 3. The third-order valence-corrected chi connectivity index (χ3v) is 5.45. The number of aromatic nitrogens is 1. The Morgan fingerprint density at radius 3 is 2.73 bits per heavy atom. The Balaban J connectivity index is 1.93. The highest BCUT2D eigenvalue weighted by molar-refractivity contribution is 7.99. The van der Waals surface area contributed by atoms with Gasteiger partial charge in [0.15, 0.2) is 0 Å². The second kappa shape index (κ2) is 7.74. The molecule has 0 bridgehead atoms. The van der Waals surface area contributed by atoms with E-state index in [1.54, 1.807) is 0 Å². The van der Waals surface area contributed by atoms with Crippen LogP contribution in [-0.2, 0) is 0 Å². The van der Waals surface area contributed by atoms with Crippen molar-refractivity contribution in [1.29, 1.82) is 0 Å². The summed E-state index contributed by atoms with van der Waals surface area (Å²) in [5.74, 6) is 0.584. The summed E-state index contributed by atoms with van der Waals surface area (Å²) in [7, 11) is 0. The minimum atomic E-state index is -4.32. The number of nitrogens with zero attached hydrogens (tertiary/aromatic N) is 1. The van der Waals surface area contributed by atoms with Gasteiger partial charge < -0.3 is 5.32 Å². The third kappa shape index (κ3) is 4.06. The highest BCUT2D eigenvalue weighted by Crippen LogP contribution is 2.38. The minimum Gasteiger partial charge on any atom is -0.378 e. The second-order valence-electron chi connectivity index (χ2n) is 6.27. The van der Waals surface area contributed by atoms with Gasteiger partial charge in [-0.05, 0) is 36.9 Å². The van der Waals surface area contributed by atoms with Crippen molar-refractivity contribution in [2.45, 2.75) is 26.1 Å². The van der Waals surface area contributed by atoms with Crippen LogP contribution in [-0.4, -0.2) is 28.7 Å². The standard InChI is InChI=1S/C20H21F3N2S/c1-3-26-12-15-16(20(21,22)23)6-4-7-19(15)25-18-9-5-8-17-14(18)11-10-13(2)24-17/h4-11,15,19,25H,3,12H2,1-2H3. The molecule has 1 aromatic carbocycles. The van der Waals surface area contributed by atoms with Crippen LogP contribution in [0.4, 0.5) is 18.9 Å². The van der Waals surface area contributed by atoms with Crippen molar-refractivity contribution in [1.82, 2.24) is 4.98 Å². The Morgan fingerprint density at radius 2 is 2.00 bits per heavy atom. The van der Waals surface area contributed by atoms with Gasteiger partial charge in [0.05, 0.1) is 11.6 Å². The summed E-state index contributed by atoms with van der Waals surface area (Å²) in [6.45, 7) is 3.88. The fourth-order valence-electron chi connectivity index (χ4n) is 3.18. The normalized spacial score (nSPS) is 20.3. The van der Waals surface area contributed by atoms with E-state index in [4.69, 9.17) is 0 Å². The first kappa shape index (κ1) is 18.8. The number of allylic oxidation sites excluding steroid dienone is 2. The topological polar surface area (TPSA) is 24.9 Å². The van der Waals surface area contributed by atoms with Gasteiger partial charge in [-0.3, -0.25) is 4.98 Å². The summed E-state index contributed by atoms with van der Waals surface area (Å²) < 4.78 is 40.4. The van der Waals surface area contributed by atoms with Crippen LogP contribution in [0, 0.1) is 12.8 Å². The smallest absolute Gasteiger partial charge is 0.378 e. The van der Waals surface area contributed by atoms with E-state index in [0.29, 0.717) is 5.75 Å². The molecule has 6 heteroatoms. The van der Waals surface area contributed by atoms with E-state index in [1.807, 2.05) is 50.3 Å². The van der Waals surface area contributed by atoms with E-state index in [2.05, 4.69) is 10.3 Å². The first-order valence-corrected chi connectivity index (χ1v) is 9.72. The van der Waals surface area contributed by atoms with E-state index in [-0.39, 0.29) is 0 Å². The number of fused-ring (bicyclic) bond motifs is 1. The summed E-state index contributed by atoms with van der Waals surface area (Å²) >= 11 is 1.53. The molecule has 138 valence electrons. The van der Waals surface area contributed by atoms with Gasteiger partial charge in [0, 0.05) is 34.0 Å². The highest BCUT2D eigenvalue weighted by atomic mass is 32.2. The third-order valence-electron chi connectivity index (χ3n) is 4.45. The first-order chi connectivity index (χ1) is 12.4. The minimum absolute atomic E-state index is 0.414. The molecule has 1 aliphatic carbocycles. The lowest BCUT2D eigenvalue weighted by Crippen LogP contribution is -2.36. The summed E-state index contributed by atoms with van der Waals surface area (Å²) in [5.41, 5.74) is 2.08. The lowest BCUT2D eigenvalue weighted by molar-refractivity contribution is -0.0985. The van der Waals surface area contributed by atoms with Crippen LogP contribution in [0.25, 0.3) is 10.9 Å². The number of hydrogen-bond donors (Lipinski definition) is 1. The molecule has 1 aliphatic rings. The molecule has 1 aromatic heterocycles. The molecule has 2 atom stereocenters. The van der Waals surface area contributed by atoms with E-state index in [1.165, 1.54) is 23.9 Å². The van der Waals surface area contributed by atoms with Gasteiger partial charge in [-0.2, -0.15) is 24.9 Å². The van der Waals surface area contributed by atoms with E-state index < -0.39 is 23.7 Å². The Labute approximate surface area is 155 Å². The van der Waals surface area contributed by atoms with Crippen LogP contribution in [0.3, 0.4) is 0 Å². The van der Waals surface area contributed by atoms with Crippen molar-refractivity contribution < 1.29 is 13.2 Å². The summed E-state index contributed by atoms with van der Waals surface area (Å²) in [5, 5.41) is 4.24. The van der Waals surface area contributed by atoms with Crippen LogP contribution < -0.4 is 5.32 Å². The zero-order chi connectivity index (χ0) is 18.7. The van der Waals surface area contributed by atoms with Crippen LogP contribution in [0.2, 0.25) is 0 Å². The maximum Gasteiger partial charge on any atom is 0.413 e. The zero-order valence-corrected chi connectivity index (χ0v) is 15.5. The average Bonchev–Trinajstić information content (AvgIpc) is 2.59. The number of pyridine rings is 1. The molecule has 0 saturated heterocycles. The van der Waals surface area contributed by atoms with Gasteiger partial charge >= 0.3 is 6.18 Å². The Hall–Kier alpha value is -1.95. The number of aryl methyl sites for hydroxylation is 1. The Kier molecular flexibility index (Phi) is 5.61. The monoisotopic (exact) mass is 378 g/mol. The number of thioether (sulfide) groups is 1. The van der Waals surface area contributed by atoms with Gasteiger partial charge in [0.25, 0.3) is 0 Å². The summed E-state index contributed by atoms with van der Waals surface area (Å²) in [6.07, 6.45) is 0.200. The molecule has 0 saturated carbocycles. The van der Waals surface area contributed by atoms with Crippen LogP contribution >= 0.6 is 11.8 Å². The first-order valence-electron chi connectivity index (χ1n) is 8.56. The largest absolute Gasteiger partial charge is 0.413 e. The predicted molar refractivity (Wildman–Crippen MR) is 104 cm³/mol. The van der Waals surface area contributed by atoms with E-state index in [0.717, 1.165) is 28.0 Å². The fourth-order valence-corrected chi connectivity index (χ4v) is 4.06. The Bertz CT molecular complexity index is 843. The molecule has 0 aliphatic heterocycles. The fraction of sp³-hybridized carbons (Fsp3) is 0.350.